The van der Waals surface area contributed by atoms with Crippen molar-refractivity contribution in [2.75, 3.05) is 26.2 Å². The molecular formula is C22H26F2N2O2. The lowest BCUT2D eigenvalue weighted by atomic mass is 9.77. The monoisotopic (exact) mass is 388 g/mol. The second-order valence-corrected chi connectivity index (χ2v) is 7.87. The molecule has 2 amide bonds. The van der Waals surface area contributed by atoms with Crippen molar-refractivity contribution in [3.05, 3.63) is 34.9 Å². The van der Waals surface area contributed by atoms with Crippen LogP contribution in [0.1, 0.15) is 54.9 Å². The van der Waals surface area contributed by atoms with Crippen molar-refractivity contribution in [1.29, 1.82) is 0 Å². The topological polar surface area (TPSA) is 40.6 Å². The Bertz CT molecular complexity index is 833. The maximum Gasteiger partial charge on any atom is 0.298 e. The zero-order valence-corrected chi connectivity index (χ0v) is 16.5. The van der Waals surface area contributed by atoms with Crippen LogP contribution in [0, 0.1) is 35.8 Å². The lowest BCUT2D eigenvalue weighted by Crippen LogP contribution is -2.45. The Balaban J connectivity index is 1.63. The fourth-order valence-corrected chi connectivity index (χ4v) is 4.05. The first-order valence-corrected chi connectivity index (χ1v) is 9.88. The van der Waals surface area contributed by atoms with Crippen molar-refractivity contribution in [2.45, 2.75) is 46.0 Å². The first-order valence-electron chi connectivity index (χ1n) is 9.88. The number of amides is 2. The number of carbonyl (C=O) groups is 2. The Kier molecular flexibility index (Phi) is 6.02. The average Bonchev–Trinajstić information content (AvgIpc) is 3.09. The number of carbonyl (C=O) groups excluding carboxylic acids is 2. The summed E-state index contributed by atoms with van der Waals surface area (Å²) in [6, 6.07) is 2.47. The van der Waals surface area contributed by atoms with Crippen LogP contribution in [0.15, 0.2) is 12.1 Å². The van der Waals surface area contributed by atoms with E-state index >= 15 is 0 Å². The molecule has 0 saturated carbocycles. The molecule has 0 N–H and O–H groups in total. The molecule has 1 aromatic carbocycles. The van der Waals surface area contributed by atoms with Crippen LogP contribution in [-0.4, -0.2) is 47.8 Å². The van der Waals surface area contributed by atoms with Gasteiger partial charge in [0.2, 0.25) is 0 Å². The van der Waals surface area contributed by atoms with Gasteiger partial charge in [-0.2, -0.15) is 0 Å². The van der Waals surface area contributed by atoms with Gasteiger partial charge in [0.15, 0.2) is 0 Å². The number of unbranched alkanes of at least 4 members (excludes halogenated alkanes) is 1. The Morgan fingerprint density at radius 2 is 1.75 bits per heavy atom. The van der Waals surface area contributed by atoms with E-state index in [0.29, 0.717) is 32.6 Å². The molecule has 2 aliphatic heterocycles. The van der Waals surface area contributed by atoms with E-state index in [1.54, 1.807) is 4.90 Å². The first kappa shape index (κ1) is 20.3. The number of halogens is 2. The molecule has 6 heteroatoms. The van der Waals surface area contributed by atoms with Crippen LogP contribution in [0.25, 0.3) is 0 Å². The summed E-state index contributed by atoms with van der Waals surface area (Å²) in [5.41, 5.74) is -0.236. The summed E-state index contributed by atoms with van der Waals surface area (Å²) in [6.45, 7) is 5.73. The molecule has 2 aliphatic rings. The first-order chi connectivity index (χ1) is 13.4. The maximum absolute atomic E-state index is 14.3. The van der Waals surface area contributed by atoms with E-state index in [4.69, 9.17) is 0 Å². The van der Waals surface area contributed by atoms with Crippen molar-refractivity contribution in [3.63, 3.8) is 0 Å². The van der Waals surface area contributed by atoms with Crippen LogP contribution in [0.3, 0.4) is 0 Å². The van der Waals surface area contributed by atoms with E-state index in [1.165, 1.54) is 17.9 Å². The van der Waals surface area contributed by atoms with Crippen LogP contribution < -0.4 is 0 Å². The van der Waals surface area contributed by atoms with Crippen molar-refractivity contribution >= 4 is 11.8 Å². The Morgan fingerprint density at radius 1 is 1.11 bits per heavy atom. The van der Waals surface area contributed by atoms with Crippen LogP contribution >= 0.6 is 0 Å². The highest BCUT2D eigenvalue weighted by molar-refractivity contribution is 5.95. The third-order valence-electron chi connectivity index (χ3n) is 5.91. The fraction of sp³-hybridized carbons (Fsp3) is 0.545. The molecule has 150 valence electrons. The quantitative estimate of drug-likeness (QED) is 0.728. The summed E-state index contributed by atoms with van der Waals surface area (Å²) in [5.74, 6) is 3.27. The minimum absolute atomic E-state index is 0.0252. The molecule has 0 unspecified atom stereocenters. The van der Waals surface area contributed by atoms with Crippen LogP contribution in [0.2, 0.25) is 0 Å². The Labute approximate surface area is 164 Å². The highest BCUT2D eigenvalue weighted by Gasteiger charge is 2.43. The number of piperidine rings is 1. The van der Waals surface area contributed by atoms with Gasteiger partial charge >= 0.3 is 0 Å². The molecular weight excluding hydrogens is 362 g/mol. The van der Waals surface area contributed by atoms with Gasteiger partial charge in [0, 0.05) is 32.6 Å². The molecule has 2 heterocycles. The van der Waals surface area contributed by atoms with Crippen LogP contribution in [-0.2, 0) is 4.79 Å². The van der Waals surface area contributed by atoms with Gasteiger partial charge in [0.25, 0.3) is 11.8 Å². The number of rotatable bonds is 2. The van der Waals surface area contributed by atoms with Crippen molar-refractivity contribution in [1.82, 2.24) is 9.80 Å². The summed E-state index contributed by atoms with van der Waals surface area (Å²) < 4.78 is 28.3. The smallest absolute Gasteiger partial charge is 0.298 e. The van der Waals surface area contributed by atoms with Crippen LogP contribution in [0.4, 0.5) is 8.78 Å². The predicted molar refractivity (Wildman–Crippen MR) is 103 cm³/mol. The number of aryl methyl sites for hydroxylation is 1. The third-order valence-corrected chi connectivity index (χ3v) is 5.91. The minimum atomic E-state index is -0.823. The average molecular weight is 388 g/mol. The van der Waals surface area contributed by atoms with Crippen molar-refractivity contribution in [3.8, 4) is 11.8 Å². The van der Waals surface area contributed by atoms with Gasteiger partial charge in [-0.1, -0.05) is 18.9 Å². The molecule has 1 spiro atoms. The third kappa shape index (κ3) is 4.04. The van der Waals surface area contributed by atoms with Crippen LogP contribution in [0.5, 0.6) is 0 Å². The molecule has 0 bridgehead atoms. The second kappa shape index (κ2) is 8.30. The standard InChI is InChI=1S/C22H26F2N2O2/c1-3-4-5-6-18(27)26-14-11-22(15-26)9-12-25(13-10-22)21(28)19-17(23)8-7-16(2)20(19)24/h7-8H,3-4,9-15H2,1-2H3. The van der Waals surface area contributed by atoms with E-state index in [2.05, 4.69) is 11.8 Å². The zero-order valence-electron chi connectivity index (χ0n) is 16.5. The second-order valence-electron chi connectivity index (χ2n) is 7.87. The molecule has 2 fully saturated rings. The van der Waals surface area contributed by atoms with Gasteiger partial charge in [-0.25, -0.2) is 8.78 Å². The highest BCUT2D eigenvalue weighted by atomic mass is 19.1. The van der Waals surface area contributed by atoms with E-state index in [1.807, 2.05) is 6.92 Å². The van der Waals surface area contributed by atoms with E-state index in [9.17, 15) is 18.4 Å². The molecule has 2 saturated heterocycles. The molecule has 0 atom stereocenters. The number of hydrogen-bond donors (Lipinski definition) is 0. The summed E-state index contributed by atoms with van der Waals surface area (Å²) in [7, 11) is 0. The van der Waals surface area contributed by atoms with Gasteiger partial charge in [-0.15, -0.1) is 0 Å². The number of nitrogens with zero attached hydrogens (tertiary/aromatic N) is 2. The number of hydrogen-bond acceptors (Lipinski definition) is 2. The van der Waals surface area contributed by atoms with E-state index in [-0.39, 0.29) is 16.9 Å². The Morgan fingerprint density at radius 3 is 2.39 bits per heavy atom. The van der Waals surface area contributed by atoms with Crippen molar-refractivity contribution < 1.29 is 18.4 Å². The van der Waals surface area contributed by atoms with Gasteiger partial charge in [-0.05, 0) is 55.6 Å². The SMILES string of the molecule is CCCC#CC(=O)N1CCC2(CCN(C(=O)c3c(F)ccc(C)c3F)CC2)C1. The molecule has 3 rings (SSSR count). The summed E-state index contributed by atoms with van der Waals surface area (Å²) in [5, 5.41) is 0. The van der Waals surface area contributed by atoms with Gasteiger partial charge in [0.1, 0.15) is 17.2 Å². The molecule has 28 heavy (non-hydrogen) atoms. The zero-order chi connectivity index (χ0) is 20.3. The number of benzene rings is 1. The molecule has 4 nitrogen and oxygen atoms in total. The molecule has 0 aromatic heterocycles. The van der Waals surface area contributed by atoms with Crippen molar-refractivity contribution in [2.24, 2.45) is 5.41 Å². The molecule has 0 aliphatic carbocycles. The van der Waals surface area contributed by atoms with Gasteiger partial charge < -0.3 is 9.80 Å². The molecule has 0 radical (unpaired) electrons. The fourth-order valence-electron chi connectivity index (χ4n) is 4.05. The lowest BCUT2D eigenvalue weighted by Gasteiger charge is -2.39. The largest absolute Gasteiger partial charge is 0.338 e. The van der Waals surface area contributed by atoms with E-state index < -0.39 is 23.1 Å². The Hall–Kier alpha value is -2.42. The predicted octanol–water partition coefficient (Wildman–Crippen LogP) is 3.53. The number of likely N-dealkylation sites (tertiary alicyclic amines) is 2. The minimum Gasteiger partial charge on any atom is -0.338 e. The van der Waals surface area contributed by atoms with E-state index in [0.717, 1.165) is 31.7 Å². The normalized spacial score (nSPS) is 18.1. The maximum atomic E-state index is 14.3. The van der Waals surface area contributed by atoms with Gasteiger partial charge in [-0.3, -0.25) is 9.59 Å². The summed E-state index contributed by atoms with van der Waals surface area (Å²) >= 11 is 0. The summed E-state index contributed by atoms with van der Waals surface area (Å²) in [4.78, 5) is 28.2. The summed E-state index contributed by atoms with van der Waals surface area (Å²) in [6.07, 6.45) is 3.97. The lowest BCUT2D eigenvalue weighted by molar-refractivity contribution is -0.124. The molecule has 1 aromatic rings. The van der Waals surface area contributed by atoms with Gasteiger partial charge in [0.05, 0.1) is 0 Å². The highest BCUT2D eigenvalue weighted by Crippen LogP contribution is 2.40.